The average molecular weight is 498 g/mol. The molecule has 37 heavy (non-hydrogen) atoms. The van der Waals surface area contributed by atoms with Gasteiger partial charge in [0.15, 0.2) is 0 Å². The van der Waals surface area contributed by atoms with Gasteiger partial charge in [0.1, 0.15) is 18.1 Å². The maximum absolute atomic E-state index is 12.7. The summed E-state index contributed by atoms with van der Waals surface area (Å²) in [5.41, 5.74) is 1.47. The number of rotatable bonds is 7. The van der Waals surface area contributed by atoms with E-state index >= 15 is 0 Å². The first kappa shape index (κ1) is 23.9. The highest BCUT2D eigenvalue weighted by molar-refractivity contribution is 6.22. The Balaban J connectivity index is 1.16. The van der Waals surface area contributed by atoms with E-state index in [1.807, 2.05) is 12.2 Å². The largest absolute Gasteiger partial charge is 0.457 e. The Kier molecular flexibility index (Phi) is 6.51. The zero-order chi connectivity index (χ0) is 25.9. The van der Waals surface area contributed by atoms with Gasteiger partial charge >= 0.3 is 5.97 Å². The quantitative estimate of drug-likeness (QED) is 0.145. The molecule has 0 aromatic heterocycles. The molecule has 0 bridgehead atoms. The van der Waals surface area contributed by atoms with Gasteiger partial charge in [0, 0.05) is 12.1 Å². The van der Waals surface area contributed by atoms with Crippen molar-refractivity contribution in [2.75, 3.05) is 4.90 Å². The second kappa shape index (κ2) is 10.1. The van der Waals surface area contributed by atoms with E-state index in [4.69, 9.17) is 9.47 Å². The second-order valence-electron chi connectivity index (χ2n) is 8.79. The number of imide groups is 1. The van der Waals surface area contributed by atoms with Gasteiger partial charge < -0.3 is 9.47 Å². The average Bonchev–Trinajstić information content (AvgIpc) is 3.18. The van der Waals surface area contributed by atoms with Crippen molar-refractivity contribution in [2.24, 2.45) is 11.8 Å². The highest BCUT2D eigenvalue weighted by Gasteiger charge is 2.47. The third-order valence-electron chi connectivity index (χ3n) is 6.45. The standard InChI is InChI=1S/C28H22N2O7/c31-26-24-3-1-2-4-25(24)27(32)29(26)20-9-7-19(8-10-20)28(33)36-17-18-5-13-22(14-6-18)37-23-15-11-21(12-16-23)30(34)35/h1-2,5-16,24-25H,3-4,17H2/t24-,25-/m1/s1. The lowest BCUT2D eigenvalue weighted by atomic mass is 9.85. The lowest BCUT2D eigenvalue weighted by Crippen LogP contribution is -2.30. The first-order chi connectivity index (χ1) is 17.9. The van der Waals surface area contributed by atoms with Crippen molar-refractivity contribution >= 4 is 29.2 Å². The zero-order valence-corrected chi connectivity index (χ0v) is 19.6. The number of carbonyl (C=O) groups excluding carboxylic acids is 3. The molecule has 0 N–H and O–H groups in total. The molecule has 0 spiro atoms. The van der Waals surface area contributed by atoms with Crippen molar-refractivity contribution in [1.29, 1.82) is 0 Å². The minimum absolute atomic E-state index is 0.0209. The minimum Gasteiger partial charge on any atom is -0.457 e. The Morgan fingerprint density at radius 2 is 1.38 bits per heavy atom. The van der Waals surface area contributed by atoms with Crippen molar-refractivity contribution in [1.82, 2.24) is 0 Å². The van der Waals surface area contributed by atoms with Crippen LogP contribution >= 0.6 is 0 Å². The van der Waals surface area contributed by atoms with Crippen LogP contribution < -0.4 is 9.64 Å². The number of amides is 2. The van der Waals surface area contributed by atoms with Crippen LogP contribution in [0.5, 0.6) is 11.5 Å². The molecule has 186 valence electrons. The van der Waals surface area contributed by atoms with Crippen LogP contribution in [-0.4, -0.2) is 22.7 Å². The molecule has 1 aliphatic heterocycles. The number of nitro groups is 1. The molecule has 1 saturated heterocycles. The van der Waals surface area contributed by atoms with E-state index in [0.717, 1.165) is 5.56 Å². The molecule has 0 unspecified atom stereocenters. The van der Waals surface area contributed by atoms with Crippen LogP contribution in [-0.2, 0) is 20.9 Å². The fraction of sp³-hybridized carbons (Fsp3) is 0.179. The zero-order valence-electron chi connectivity index (χ0n) is 19.6. The summed E-state index contributed by atoms with van der Waals surface area (Å²) in [4.78, 5) is 49.5. The number of nitro benzene ring substituents is 1. The third kappa shape index (κ3) is 4.97. The number of non-ortho nitro benzene ring substituents is 1. The van der Waals surface area contributed by atoms with E-state index in [-0.39, 0.29) is 35.9 Å². The molecule has 1 fully saturated rings. The monoisotopic (exact) mass is 498 g/mol. The first-order valence-corrected chi connectivity index (χ1v) is 11.7. The van der Waals surface area contributed by atoms with E-state index < -0.39 is 10.9 Å². The number of anilines is 1. The smallest absolute Gasteiger partial charge is 0.338 e. The molecule has 5 rings (SSSR count). The van der Waals surface area contributed by atoms with Crippen molar-refractivity contribution in [3.63, 3.8) is 0 Å². The van der Waals surface area contributed by atoms with Crippen LogP contribution in [0.15, 0.2) is 84.9 Å². The second-order valence-corrected chi connectivity index (χ2v) is 8.79. The molecule has 1 aliphatic carbocycles. The van der Waals surface area contributed by atoms with Gasteiger partial charge in [0.25, 0.3) is 5.69 Å². The third-order valence-corrected chi connectivity index (χ3v) is 6.45. The van der Waals surface area contributed by atoms with E-state index in [1.165, 1.54) is 29.2 Å². The molecular formula is C28H22N2O7. The van der Waals surface area contributed by atoms with E-state index in [0.29, 0.717) is 35.6 Å². The van der Waals surface area contributed by atoms with Crippen LogP contribution in [0.4, 0.5) is 11.4 Å². The predicted molar refractivity (Wildman–Crippen MR) is 133 cm³/mol. The Morgan fingerprint density at radius 1 is 0.838 bits per heavy atom. The first-order valence-electron chi connectivity index (χ1n) is 11.7. The predicted octanol–water partition coefficient (Wildman–Crippen LogP) is 5.20. The summed E-state index contributed by atoms with van der Waals surface area (Å²) < 4.78 is 11.1. The molecule has 2 atom stereocenters. The molecule has 2 amide bonds. The van der Waals surface area contributed by atoms with E-state index in [9.17, 15) is 24.5 Å². The van der Waals surface area contributed by atoms with Gasteiger partial charge in [-0.25, -0.2) is 4.79 Å². The lowest BCUT2D eigenvalue weighted by molar-refractivity contribution is -0.384. The van der Waals surface area contributed by atoms with Crippen LogP contribution in [0.1, 0.15) is 28.8 Å². The lowest BCUT2D eigenvalue weighted by Gasteiger charge is -2.15. The summed E-state index contributed by atoms with van der Waals surface area (Å²) in [7, 11) is 0. The van der Waals surface area contributed by atoms with Crippen molar-refractivity contribution < 1.29 is 28.8 Å². The van der Waals surface area contributed by atoms with E-state index in [1.54, 1.807) is 48.5 Å². The van der Waals surface area contributed by atoms with Crippen LogP contribution in [0.2, 0.25) is 0 Å². The molecule has 3 aromatic carbocycles. The number of hydrogen-bond donors (Lipinski definition) is 0. The van der Waals surface area contributed by atoms with Gasteiger partial charge in [-0.1, -0.05) is 24.3 Å². The van der Waals surface area contributed by atoms with Crippen LogP contribution in [0.3, 0.4) is 0 Å². The topological polar surface area (TPSA) is 116 Å². The number of carbonyl (C=O) groups is 3. The van der Waals surface area contributed by atoms with Gasteiger partial charge in [-0.05, 0) is 66.9 Å². The number of nitrogens with zero attached hydrogens (tertiary/aromatic N) is 2. The number of benzene rings is 3. The van der Waals surface area contributed by atoms with E-state index in [2.05, 4.69) is 0 Å². The van der Waals surface area contributed by atoms with Crippen molar-refractivity contribution in [3.05, 3.63) is 106 Å². The molecule has 0 saturated carbocycles. The van der Waals surface area contributed by atoms with Gasteiger partial charge in [-0.2, -0.15) is 0 Å². The SMILES string of the molecule is O=C(OCc1ccc(Oc2ccc([N+](=O)[O-])cc2)cc1)c1ccc(N2C(=O)[C@@H]3CC=CC[C@H]3C2=O)cc1. The van der Waals surface area contributed by atoms with Crippen LogP contribution in [0, 0.1) is 22.0 Å². The molecule has 1 heterocycles. The van der Waals surface area contributed by atoms with Gasteiger partial charge in [-0.3, -0.25) is 24.6 Å². The highest BCUT2D eigenvalue weighted by Crippen LogP contribution is 2.37. The molecule has 9 heteroatoms. The molecular weight excluding hydrogens is 476 g/mol. The Morgan fingerprint density at radius 3 is 1.92 bits per heavy atom. The summed E-state index contributed by atoms with van der Waals surface area (Å²) >= 11 is 0. The Labute approximate surface area is 212 Å². The number of allylic oxidation sites excluding steroid dienone is 2. The Hall–Kier alpha value is -4.79. The van der Waals surface area contributed by atoms with Gasteiger partial charge in [0.05, 0.1) is 28.0 Å². The van der Waals surface area contributed by atoms with Gasteiger partial charge in [-0.15, -0.1) is 0 Å². The van der Waals surface area contributed by atoms with Crippen LogP contribution in [0.25, 0.3) is 0 Å². The summed E-state index contributed by atoms with van der Waals surface area (Å²) in [6.07, 6.45) is 5.02. The fourth-order valence-electron chi connectivity index (χ4n) is 4.46. The molecule has 3 aromatic rings. The summed E-state index contributed by atoms with van der Waals surface area (Å²) in [5.74, 6) is -0.565. The number of hydrogen-bond acceptors (Lipinski definition) is 7. The number of esters is 1. The van der Waals surface area contributed by atoms with Crippen molar-refractivity contribution in [2.45, 2.75) is 19.4 Å². The minimum atomic E-state index is -0.533. The maximum Gasteiger partial charge on any atom is 0.338 e. The Bertz CT molecular complexity index is 1350. The summed E-state index contributed by atoms with van der Waals surface area (Å²) in [5, 5.41) is 10.7. The normalized spacial score (nSPS) is 18.4. The fourth-order valence-corrected chi connectivity index (χ4v) is 4.46. The van der Waals surface area contributed by atoms with Gasteiger partial charge in [0.2, 0.25) is 11.8 Å². The van der Waals surface area contributed by atoms with Crippen molar-refractivity contribution in [3.8, 4) is 11.5 Å². The maximum atomic E-state index is 12.7. The molecule has 2 aliphatic rings. The molecule has 0 radical (unpaired) electrons. The summed E-state index contributed by atoms with van der Waals surface area (Å²) in [6.45, 7) is 0.0395. The number of ether oxygens (including phenoxy) is 2. The summed E-state index contributed by atoms with van der Waals surface area (Å²) in [6, 6.07) is 18.9. The number of fused-ring (bicyclic) bond motifs is 1. The molecule has 9 nitrogen and oxygen atoms in total. The highest BCUT2D eigenvalue weighted by atomic mass is 16.6.